The van der Waals surface area contributed by atoms with Gasteiger partial charge in [-0.3, -0.25) is 4.79 Å². The van der Waals surface area contributed by atoms with Crippen LogP contribution in [-0.2, 0) is 6.42 Å². The Hall–Kier alpha value is -1.28. The Morgan fingerprint density at radius 3 is 2.65 bits per heavy atom. The average Bonchev–Trinajstić information content (AvgIpc) is 2.41. The van der Waals surface area contributed by atoms with E-state index in [9.17, 15) is 4.79 Å². The minimum absolute atomic E-state index is 0.156. The number of hydrogen-bond donors (Lipinski definition) is 1. The van der Waals surface area contributed by atoms with Crippen LogP contribution in [-0.4, -0.2) is 4.98 Å². The van der Waals surface area contributed by atoms with Crippen molar-refractivity contribution in [2.45, 2.75) is 52.4 Å². The third-order valence-corrected chi connectivity index (χ3v) is 4.04. The van der Waals surface area contributed by atoms with Gasteiger partial charge in [0, 0.05) is 21.7 Å². The number of aromatic amines is 1. The molecule has 3 heteroatoms. The molecule has 0 bridgehead atoms. The van der Waals surface area contributed by atoms with Gasteiger partial charge in [-0.15, -0.1) is 0 Å². The molecule has 108 valence electrons. The van der Waals surface area contributed by atoms with Crippen LogP contribution in [0.3, 0.4) is 0 Å². The molecule has 1 N–H and O–H groups in total. The van der Waals surface area contributed by atoms with E-state index in [2.05, 4.69) is 11.9 Å². The summed E-state index contributed by atoms with van der Waals surface area (Å²) in [5.41, 5.74) is 2.88. The third-order valence-electron chi connectivity index (χ3n) is 3.81. The molecule has 0 aliphatic heterocycles. The first-order valence-corrected chi connectivity index (χ1v) is 7.82. The molecule has 0 atom stereocenters. The van der Waals surface area contributed by atoms with Crippen LogP contribution in [0, 0.1) is 6.92 Å². The van der Waals surface area contributed by atoms with E-state index in [1.807, 2.05) is 19.1 Å². The number of pyridine rings is 1. The number of aromatic nitrogens is 1. The summed E-state index contributed by atoms with van der Waals surface area (Å²) in [5.74, 6) is 0. The summed E-state index contributed by atoms with van der Waals surface area (Å²) in [7, 11) is 0. The van der Waals surface area contributed by atoms with Crippen LogP contribution in [0.5, 0.6) is 0 Å². The molecule has 0 aliphatic carbocycles. The van der Waals surface area contributed by atoms with Gasteiger partial charge < -0.3 is 4.98 Å². The maximum atomic E-state index is 12.5. The summed E-state index contributed by atoms with van der Waals surface area (Å²) in [6.45, 7) is 4.19. The zero-order valence-corrected chi connectivity index (χ0v) is 13.0. The third kappa shape index (κ3) is 3.43. The van der Waals surface area contributed by atoms with E-state index in [-0.39, 0.29) is 5.43 Å². The number of nitrogens with one attached hydrogen (secondary N) is 1. The van der Waals surface area contributed by atoms with Gasteiger partial charge in [-0.25, -0.2) is 0 Å². The Morgan fingerprint density at radius 2 is 1.90 bits per heavy atom. The molecule has 0 unspecified atom stereocenters. The summed E-state index contributed by atoms with van der Waals surface area (Å²) in [6.07, 6.45) is 6.94. The van der Waals surface area contributed by atoms with Crippen LogP contribution in [0.2, 0.25) is 5.02 Å². The summed E-state index contributed by atoms with van der Waals surface area (Å²) in [6, 6.07) is 5.41. The number of fused-ring (bicyclic) bond motifs is 1. The number of unbranched alkanes of at least 4 members (excludes halogenated alkanes) is 4. The van der Waals surface area contributed by atoms with Crippen LogP contribution in [0.1, 0.15) is 50.3 Å². The van der Waals surface area contributed by atoms with Crippen molar-refractivity contribution in [3.63, 3.8) is 0 Å². The Morgan fingerprint density at radius 1 is 1.15 bits per heavy atom. The predicted octanol–water partition coefficient (Wildman–Crippen LogP) is 5.00. The Labute approximate surface area is 125 Å². The van der Waals surface area contributed by atoms with Gasteiger partial charge in [0.25, 0.3) is 0 Å². The molecule has 0 spiro atoms. The second kappa shape index (κ2) is 6.94. The standard InChI is InChI=1S/C17H22ClNO/c1-3-4-5-6-7-8-14-12(2)19-16-11-13(18)9-10-15(16)17(14)20/h9-11H,3-8H2,1-2H3,(H,19,20). The van der Waals surface area contributed by atoms with Crippen molar-refractivity contribution in [3.8, 4) is 0 Å². The van der Waals surface area contributed by atoms with Crippen molar-refractivity contribution >= 4 is 22.5 Å². The van der Waals surface area contributed by atoms with Crippen molar-refractivity contribution in [1.29, 1.82) is 0 Å². The lowest BCUT2D eigenvalue weighted by atomic mass is 10.0. The molecule has 20 heavy (non-hydrogen) atoms. The first-order valence-electron chi connectivity index (χ1n) is 7.44. The normalized spacial score (nSPS) is 11.2. The predicted molar refractivity (Wildman–Crippen MR) is 86.8 cm³/mol. The van der Waals surface area contributed by atoms with Crippen LogP contribution < -0.4 is 5.43 Å². The largest absolute Gasteiger partial charge is 0.358 e. The van der Waals surface area contributed by atoms with Crippen LogP contribution >= 0.6 is 11.6 Å². The molecule has 0 amide bonds. The second-order valence-corrected chi connectivity index (χ2v) is 5.85. The van der Waals surface area contributed by atoms with Crippen molar-refractivity contribution in [3.05, 3.63) is 44.7 Å². The monoisotopic (exact) mass is 291 g/mol. The molecule has 1 aromatic heterocycles. The van der Waals surface area contributed by atoms with Crippen molar-refractivity contribution in [2.24, 2.45) is 0 Å². The second-order valence-electron chi connectivity index (χ2n) is 5.41. The number of rotatable bonds is 6. The Balaban J connectivity index is 2.21. The van der Waals surface area contributed by atoms with Gasteiger partial charge in [-0.2, -0.15) is 0 Å². The summed E-state index contributed by atoms with van der Waals surface area (Å²) < 4.78 is 0. The van der Waals surface area contributed by atoms with E-state index < -0.39 is 0 Å². The summed E-state index contributed by atoms with van der Waals surface area (Å²) >= 11 is 5.97. The minimum atomic E-state index is 0.156. The molecule has 0 saturated heterocycles. The number of H-pyrrole nitrogens is 1. The molecule has 2 aromatic rings. The van der Waals surface area contributed by atoms with Gasteiger partial charge in [0.15, 0.2) is 5.43 Å². The van der Waals surface area contributed by atoms with Gasteiger partial charge in [-0.1, -0.05) is 44.2 Å². The molecular formula is C17H22ClNO. The highest BCUT2D eigenvalue weighted by atomic mass is 35.5. The SMILES string of the molecule is CCCCCCCc1c(C)[nH]c2cc(Cl)ccc2c1=O. The van der Waals surface area contributed by atoms with Crippen LogP contribution in [0.4, 0.5) is 0 Å². The molecule has 1 aromatic carbocycles. The van der Waals surface area contributed by atoms with E-state index in [0.29, 0.717) is 5.02 Å². The zero-order chi connectivity index (χ0) is 14.5. The molecule has 2 nitrogen and oxygen atoms in total. The van der Waals surface area contributed by atoms with Crippen molar-refractivity contribution in [1.82, 2.24) is 4.98 Å². The summed E-state index contributed by atoms with van der Waals surface area (Å²) in [5, 5.41) is 1.39. The van der Waals surface area contributed by atoms with Gasteiger partial charge in [-0.05, 0) is 38.0 Å². The van der Waals surface area contributed by atoms with Gasteiger partial charge in [0.05, 0.1) is 5.52 Å². The first-order chi connectivity index (χ1) is 9.63. The lowest BCUT2D eigenvalue weighted by molar-refractivity contribution is 0.630. The van der Waals surface area contributed by atoms with Gasteiger partial charge in [0.2, 0.25) is 0 Å². The maximum Gasteiger partial charge on any atom is 0.192 e. The average molecular weight is 292 g/mol. The molecule has 0 fully saturated rings. The van der Waals surface area contributed by atoms with Crippen LogP contribution in [0.25, 0.3) is 10.9 Å². The lowest BCUT2D eigenvalue weighted by Gasteiger charge is -2.08. The maximum absolute atomic E-state index is 12.5. The Kier molecular flexibility index (Phi) is 5.24. The van der Waals surface area contributed by atoms with E-state index >= 15 is 0 Å². The number of benzene rings is 1. The highest BCUT2D eigenvalue weighted by Crippen LogP contribution is 2.18. The molecule has 0 radical (unpaired) electrons. The number of aryl methyl sites for hydroxylation is 1. The highest BCUT2D eigenvalue weighted by Gasteiger charge is 2.09. The highest BCUT2D eigenvalue weighted by molar-refractivity contribution is 6.31. The summed E-state index contributed by atoms with van der Waals surface area (Å²) in [4.78, 5) is 15.8. The topological polar surface area (TPSA) is 32.9 Å². The van der Waals surface area contributed by atoms with Gasteiger partial charge in [0.1, 0.15) is 0 Å². The van der Waals surface area contributed by atoms with Crippen molar-refractivity contribution < 1.29 is 0 Å². The lowest BCUT2D eigenvalue weighted by Crippen LogP contribution is -2.13. The zero-order valence-electron chi connectivity index (χ0n) is 12.3. The fraction of sp³-hybridized carbons (Fsp3) is 0.471. The Bertz CT molecular complexity index is 645. The fourth-order valence-electron chi connectivity index (χ4n) is 2.63. The van der Waals surface area contributed by atoms with E-state index in [1.165, 1.54) is 25.7 Å². The molecule has 1 heterocycles. The van der Waals surface area contributed by atoms with E-state index in [1.54, 1.807) is 6.07 Å². The van der Waals surface area contributed by atoms with E-state index in [0.717, 1.165) is 35.0 Å². The molecular weight excluding hydrogens is 270 g/mol. The molecule has 2 rings (SSSR count). The van der Waals surface area contributed by atoms with Gasteiger partial charge >= 0.3 is 0 Å². The smallest absolute Gasteiger partial charge is 0.192 e. The van der Waals surface area contributed by atoms with E-state index in [4.69, 9.17) is 11.6 Å². The number of halogens is 1. The number of hydrogen-bond acceptors (Lipinski definition) is 1. The minimum Gasteiger partial charge on any atom is -0.358 e. The van der Waals surface area contributed by atoms with Crippen LogP contribution in [0.15, 0.2) is 23.0 Å². The first kappa shape index (κ1) is 15.1. The quantitative estimate of drug-likeness (QED) is 0.746. The van der Waals surface area contributed by atoms with Crippen molar-refractivity contribution in [2.75, 3.05) is 0 Å². The molecule has 0 aliphatic rings. The fourth-order valence-corrected chi connectivity index (χ4v) is 2.81. The molecule has 0 saturated carbocycles.